The second kappa shape index (κ2) is 39.9. The third-order valence-corrected chi connectivity index (χ3v) is 22.4. The van der Waals surface area contributed by atoms with Gasteiger partial charge in [0.05, 0.1) is 49.2 Å². The smallest absolute Gasteiger partial charge is 0.128 e. The van der Waals surface area contributed by atoms with E-state index in [9.17, 15) is 0 Å². The first kappa shape index (κ1) is 82.0. The fourth-order valence-electron chi connectivity index (χ4n) is 15.8. The molecule has 0 spiro atoms. The molecule has 0 unspecified atom stereocenters. The van der Waals surface area contributed by atoms with Gasteiger partial charge in [-0.05, 0) is 287 Å². The Kier molecular flexibility index (Phi) is 26.4. The van der Waals surface area contributed by atoms with Gasteiger partial charge >= 0.3 is 0 Å². The molecule has 2 N–H and O–H groups in total. The zero-order valence-electron chi connectivity index (χ0n) is 70.8. The molecule has 12 heteroatoms. The van der Waals surface area contributed by atoms with E-state index < -0.39 is 0 Å². The first-order valence-corrected chi connectivity index (χ1v) is 43.8. The van der Waals surface area contributed by atoms with Crippen molar-refractivity contribution >= 4 is 46.4 Å². The highest BCUT2D eigenvalue weighted by atomic mass is 16.5. The number of aromatic amines is 2. The van der Waals surface area contributed by atoms with Crippen molar-refractivity contribution in [1.29, 1.82) is 0 Å². The van der Waals surface area contributed by atoms with Crippen LogP contribution in [-0.4, -0.2) is 46.4 Å². The third kappa shape index (κ3) is 20.3. The maximum atomic E-state index is 6.81. The molecule has 124 heavy (non-hydrogen) atoms. The molecule has 12 nitrogen and oxygen atoms in total. The van der Waals surface area contributed by atoms with Crippen LogP contribution in [0, 0.1) is 0 Å². The van der Waals surface area contributed by atoms with Gasteiger partial charge in [0.1, 0.15) is 69.0 Å². The minimum absolute atomic E-state index is 0.659. The van der Waals surface area contributed by atoms with Crippen molar-refractivity contribution in [3.63, 3.8) is 0 Å². The highest BCUT2D eigenvalue weighted by molar-refractivity contribution is 6.00. The van der Waals surface area contributed by atoms with E-state index in [1.165, 1.54) is 0 Å². The molecule has 0 saturated heterocycles. The number of H-pyrrole nitrogens is 2. The number of aromatic nitrogens is 4. The molecule has 15 aromatic rings. The van der Waals surface area contributed by atoms with Gasteiger partial charge in [-0.3, -0.25) is 0 Å². The van der Waals surface area contributed by atoms with Crippen molar-refractivity contribution in [3.05, 3.63) is 338 Å². The topological polar surface area (TPSA) is 131 Å². The van der Waals surface area contributed by atoms with Gasteiger partial charge in [-0.25, -0.2) is 9.97 Å². The number of ether oxygens (including phenoxy) is 8. The lowest BCUT2D eigenvalue weighted by atomic mass is 10.0. The number of hydrogen-bond acceptors (Lipinski definition) is 10. The molecule has 2 aliphatic heterocycles. The largest absolute Gasteiger partial charge is 0.494 e. The normalized spacial score (nSPS) is 11.5. The van der Waals surface area contributed by atoms with Crippen LogP contribution in [0.4, 0.5) is 0 Å². The maximum Gasteiger partial charge on any atom is 0.128 e. The highest BCUT2D eigenvalue weighted by Gasteiger charge is 2.22. The Balaban J connectivity index is 0.776. The minimum atomic E-state index is 0.659. The van der Waals surface area contributed by atoms with Crippen LogP contribution in [0.25, 0.3) is 135 Å². The standard InChI is InChI=1S/C112H102N4O8/c1-5-9-13-69-117-89-45-29-77(30-46-89)81-37-53-93(54-38-81)121-97-25-17-21-85(73-97)109-101-61-63-103(113-101)110(86-22-18-26-98(74-86)122-94-55-39-82(40-56-94)78-31-47-90(48-32-78)118-70-14-10-6-2)105-65-67-107(115-105)112(88-24-20-28-100(76-88)124-96-59-43-84(44-60-96)80-35-51-92(52-36-80)120-72-16-12-8-4)108-68-66-106(116-108)111(104-64-62-102(109)114-104)87-23-19-27-99(75-87)123-95-57-41-83(42-58-95)79-33-49-91(50-34-79)119-71-15-11-7-3/h17-68,73-76,113,116H,5-16,69-72H2,1-4H3. The highest BCUT2D eigenvalue weighted by Crippen LogP contribution is 2.44. The summed E-state index contributed by atoms with van der Waals surface area (Å²) in [7, 11) is 0. The van der Waals surface area contributed by atoms with Crippen LogP contribution < -0.4 is 37.9 Å². The maximum absolute atomic E-state index is 6.81. The number of unbranched alkanes of at least 4 members (excludes halogenated alkanes) is 8. The first-order chi connectivity index (χ1) is 61.2. The summed E-state index contributed by atoms with van der Waals surface area (Å²) in [6.07, 6.45) is 21.9. The van der Waals surface area contributed by atoms with Crippen LogP contribution in [0.1, 0.15) is 128 Å². The van der Waals surface area contributed by atoms with Crippen LogP contribution in [0.5, 0.6) is 69.0 Å². The van der Waals surface area contributed by atoms with E-state index in [1.807, 2.05) is 146 Å². The summed E-state index contributed by atoms with van der Waals surface area (Å²) >= 11 is 0. The predicted molar refractivity (Wildman–Crippen MR) is 508 cm³/mol. The summed E-state index contributed by atoms with van der Waals surface area (Å²) in [4.78, 5) is 19.5. The zero-order chi connectivity index (χ0) is 84.2. The zero-order valence-corrected chi connectivity index (χ0v) is 70.8. The van der Waals surface area contributed by atoms with Gasteiger partial charge in [0.25, 0.3) is 0 Å². The fraction of sp³-hybridized carbons (Fsp3) is 0.179. The van der Waals surface area contributed by atoms with E-state index in [0.717, 1.165) is 234 Å². The van der Waals surface area contributed by atoms with Gasteiger partial charge in [0.2, 0.25) is 0 Å². The monoisotopic (exact) mass is 1630 g/mol. The molecule has 2 aliphatic rings. The molecule has 0 radical (unpaired) electrons. The number of rotatable bonds is 36. The van der Waals surface area contributed by atoms with E-state index in [4.69, 9.17) is 47.9 Å². The quantitative estimate of drug-likeness (QED) is 0.0366. The summed E-state index contributed by atoms with van der Waals surface area (Å²) in [5.41, 5.74) is 21.8. The second-order valence-corrected chi connectivity index (χ2v) is 31.4. The summed E-state index contributed by atoms with van der Waals surface area (Å²) < 4.78 is 51.4. The number of nitrogens with one attached hydrogen (secondary N) is 2. The molecule has 0 fully saturated rings. The van der Waals surface area contributed by atoms with Crippen LogP contribution in [-0.2, 0) is 0 Å². The predicted octanol–water partition coefficient (Wildman–Crippen LogP) is 31.4. The van der Waals surface area contributed by atoms with Gasteiger partial charge < -0.3 is 47.9 Å². The molecule has 3 aromatic heterocycles. The molecule has 618 valence electrons. The van der Waals surface area contributed by atoms with E-state index in [-0.39, 0.29) is 0 Å². The molecule has 0 aliphatic carbocycles. The van der Waals surface area contributed by atoms with Gasteiger partial charge in [0.15, 0.2) is 0 Å². The second-order valence-electron chi connectivity index (χ2n) is 31.4. The molecule has 17 rings (SSSR count). The molecular weight excluding hydrogens is 1530 g/mol. The van der Waals surface area contributed by atoms with Gasteiger partial charge in [-0.15, -0.1) is 0 Å². The van der Waals surface area contributed by atoms with Crippen LogP contribution in [0.2, 0.25) is 0 Å². The lowest BCUT2D eigenvalue weighted by molar-refractivity contribution is 0.306. The SMILES string of the molecule is CCCCCOc1ccc(-c2ccc(Oc3cccc(-c4c5nc(c(-c6cccc(Oc7ccc(-c8ccc(OCCCCC)cc8)cc7)c6)c6ccc([nH]6)c(-c6cccc(Oc7ccc(-c8ccc(OCCCCC)cc8)cc7)c6)c6nc(c(-c7cccc(Oc8ccc(-c9ccc(OCCCCC)cc9)cc8)c7)c7ccc4[nH]7)C=C6)C=C5)c3)cc2)cc1. The Morgan fingerprint density at radius 3 is 0.581 bits per heavy atom. The van der Waals surface area contributed by atoms with Crippen LogP contribution in [0.3, 0.4) is 0 Å². The van der Waals surface area contributed by atoms with Gasteiger partial charge in [-0.1, -0.05) is 225 Å². The van der Waals surface area contributed by atoms with Crippen molar-refractivity contribution in [3.8, 4) is 158 Å². The third-order valence-electron chi connectivity index (χ3n) is 22.4. The van der Waals surface area contributed by atoms with Crippen molar-refractivity contribution in [2.75, 3.05) is 26.4 Å². The van der Waals surface area contributed by atoms with E-state index in [2.05, 4.69) is 232 Å². The van der Waals surface area contributed by atoms with E-state index in [0.29, 0.717) is 72.4 Å². The average molecular weight is 1630 g/mol. The Hall–Kier alpha value is -14.4. The van der Waals surface area contributed by atoms with Crippen LogP contribution >= 0.6 is 0 Å². The summed E-state index contributed by atoms with van der Waals surface area (Å²) in [5, 5.41) is 0. The Morgan fingerprint density at radius 2 is 0.387 bits per heavy atom. The summed E-state index contributed by atoms with van der Waals surface area (Å²) in [6.45, 7) is 11.7. The molecule has 12 aromatic carbocycles. The Labute approximate surface area is 727 Å². The number of benzene rings is 12. The molecule has 8 bridgehead atoms. The average Bonchev–Trinajstić information content (AvgIpc) is 1.61. The van der Waals surface area contributed by atoms with Gasteiger partial charge in [-0.2, -0.15) is 0 Å². The molecule has 0 atom stereocenters. The van der Waals surface area contributed by atoms with E-state index in [1.54, 1.807) is 0 Å². The van der Waals surface area contributed by atoms with Crippen molar-refractivity contribution in [2.24, 2.45) is 0 Å². The lowest BCUT2D eigenvalue weighted by Gasteiger charge is -2.11. The number of fused-ring (bicyclic) bond motifs is 8. The van der Waals surface area contributed by atoms with Crippen molar-refractivity contribution in [2.45, 2.75) is 105 Å². The summed E-state index contributed by atoms with van der Waals surface area (Å²) in [5.74, 6) is 8.94. The Bertz CT molecular complexity index is 5600. The van der Waals surface area contributed by atoms with Crippen LogP contribution in [0.15, 0.2) is 315 Å². The molecular formula is C112H102N4O8. The number of nitrogens with zero attached hydrogens (tertiary/aromatic N) is 2. The lowest BCUT2D eigenvalue weighted by Crippen LogP contribution is -1.96. The molecule has 5 heterocycles. The van der Waals surface area contributed by atoms with Gasteiger partial charge in [0, 0.05) is 44.3 Å². The minimum Gasteiger partial charge on any atom is -0.494 e. The van der Waals surface area contributed by atoms with E-state index >= 15 is 0 Å². The summed E-state index contributed by atoms with van der Waals surface area (Å²) in [6, 6.07) is 108. The first-order valence-electron chi connectivity index (χ1n) is 43.8. The van der Waals surface area contributed by atoms with Crippen molar-refractivity contribution in [1.82, 2.24) is 19.9 Å². The van der Waals surface area contributed by atoms with Crippen molar-refractivity contribution < 1.29 is 37.9 Å². The molecule has 0 amide bonds. The fourth-order valence-corrected chi connectivity index (χ4v) is 15.8. The Morgan fingerprint density at radius 1 is 0.194 bits per heavy atom. The molecule has 0 saturated carbocycles. The number of hydrogen-bond donors (Lipinski definition) is 2.